The first-order valence-corrected chi connectivity index (χ1v) is 6.47. The van der Waals surface area contributed by atoms with E-state index in [0.717, 1.165) is 16.7 Å². The van der Waals surface area contributed by atoms with Gasteiger partial charge in [-0.1, -0.05) is 23.7 Å². The molecule has 4 nitrogen and oxygen atoms in total. The van der Waals surface area contributed by atoms with Crippen molar-refractivity contribution in [3.63, 3.8) is 0 Å². The van der Waals surface area contributed by atoms with Crippen LogP contribution in [0.4, 0.5) is 5.69 Å². The molecule has 0 fully saturated rings. The third kappa shape index (κ3) is 1.98. The van der Waals surface area contributed by atoms with Crippen LogP contribution in [0, 0.1) is 11.3 Å². The molecule has 2 N–H and O–H groups in total. The lowest BCUT2D eigenvalue weighted by atomic mass is 10.2. The van der Waals surface area contributed by atoms with E-state index in [9.17, 15) is 0 Å². The van der Waals surface area contributed by atoms with Crippen LogP contribution in [0.15, 0.2) is 42.5 Å². The van der Waals surface area contributed by atoms with E-state index >= 15 is 0 Å². The summed E-state index contributed by atoms with van der Waals surface area (Å²) in [6.07, 6.45) is 0.209. The Bertz CT molecular complexity index is 829. The zero-order chi connectivity index (χ0) is 14.1. The third-order valence-electron chi connectivity index (χ3n) is 3.10. The lowest BCUT2D eigenvalue weighted by molar-refractivity contribution is 0.956. The summed E-state index contributed by atoms with van der Waals surface area (Å²) in [6, 6.07) is 15.1. The fraction of sp³-hybridized carbons (Fsp3) is 0.0667. The standard InChI is InChI=1S/C15H11ClN4/c16-10-5-6-11(18)14(9-10)20-13-4-2-1-3-12(13)19-15(20)7-8-17/h1-6,9H,7,18H2. The van der Waals surface area contributed by atoms with Gasteiger partial charge in [0.05, 0.1) is 34.9 Å². The molecule has 20 heavy (non-hydrogen) atoms. The number of hydrogen-bond acceptors (Lipinski definition) is 3. The van der Waals surface area contributed by atoms with Crippen LogP contribution in [0.5, 0.6) is 0 Å². The van der Waals surface area contributed by atoms with E-state index in [2.05, 4.69) is 11.1 Å². The minimum atomic E-state index is 0.209. The number of para-hydroxylation sites is 2. The first-order chi connectivity index (χ1) is 9.70. The minimum Gasteiger partial charge on any atom is -0.397 e. The van der Waals surface area contributed by atoms with Crippen molar-refractivity contribution in [2.75, 3.05) is 5.73 Å². The van der Waals surface area contributed by atoms with Gasteiger partial charge in [-0.05, 0) is 30.3 Å². The molecule has 0 amide bonds. The molecule has 1 aromatic heterocycles. The molecular formula is C15H11ClN4. The van der Waals surface area contributed by atoms with Gasteiger partial charge < -0.3 is 5.73 Å². The van der Waals surface area contributed by atoms with Crippen molar-refractivity contribution >= 4 is 28.3 Å². The number of nitrogen functional groups attached to an aromatic ring is 1. The van der Waals surface area contributed by atoms with Gasteiger partial charge in [0, 0.05) is 5.02 Å². The molecule has 0 atom stereocenters. The molecule has 3 rings (SSSR count). The number of nitriles is 1. The number of benzene rings is 2. The quantitative estimate of drug-likeness (QED) is 0.733. The summed E-state index contributed by atoms with van der Waals surface area (Å²) in [5.74, 6) is 0.655. The van der Waals surface area contributed by atoms with Gasteiger partial charge in [-0.25, -0.2) is 4.98 Å². The van der Waals surface area contributed by atoms with Gasteiger partial charge in [0.15, 0.2) is 0 Å². The molecule has 5 heteroatoms. The Labute approximate surface area is 121 Å². The van der Waals surface area contributed by atoms with E-state index in [0.29, 0.717) is 16.5 Å². The largest absolute Gasteiger partial charge is 0.397 e. The Hall–Kier alpha value is -2.51. The number of nitrogens with two attached hydrogens (primary N) is 1. The highest BCUT2D eigenvalue weighted by Gasteiger charge is 2.14. The molecule has 0 unspecified atom stereocenters. The van der Waals surface area contributed by atoms with E-state index in [1.165, 1.54) is 0 Å². The van der Waals surface area contributed by atoms with Crippen molar-refractivity contribution < 1.29 is 0 Å². The van der Waals surface area contributed by atoms with Crippen LogP contribution in [-0.2, 0) is 6.42 Å². The maximum atomic E-state index is 8.98. The minimum absolute atomic E-state index is 0.209. The molecule has 0 spiro atoms. The van der Waals surface area contributed by atoms with Crippen molar-refractivity contribution in [2.45, 2.75) is 6.42 Å². The summed E-state index contributed by atoms with van der Waals surface area (Å²) < 4.78 is 1.89. The van der Waals surface area contributed by atoms with Crippen molar-refractivity contribution in [3.8, 4) is 11.8 Å². The van der Waals surface area contributed by atoms with Gasteiger partial charge in [0.2, 0.25) is 0 Å². The predicted octanol–water partition coefficient (Wildman–Crippen LogP) is 3.33. The summed E-state index contributed by atoms with van der Waals surface area (Å²) in [5, 5.41) is 9.57. The predicted molar refractivity (Wildman–Crippen MR) is 79.8 cm³/mol. The average molecular weight is 283 g/mol. The maximum absolute atomic E-state index is 8.98. The smallest absolute Gasteiger partial charge is 0.128 e. The van der Waals surface area contributed by atoms with Crippen LogP contribution in [0.1, 0.15) is 5.82 Å². The highest BCUT2D eigenvalue weighted by atomic mass is 35.5. The SMILES string of the molecule is N#CCc1nc2ccccc2n1-c1cc(Cl)ccc1N. The zero-order valence-corrected chi connectivity index (χ0v) is 11.3. The van der Waals surface area contributed by atoms with Gasteiger partial charge in [-0.2, -0.15) is 5.26 Å². The molecule has 0 bridgehead atoms. The van der Waals surface area contributed by atoms with Gasteiger partial charge in [-0.3, -0.25) is 4.57 Å². The van der Waals surface area contributed by atoms with Gasteiger partial charge in [-0.15, -0.1) is 0 Å². The highest BCUT2D eigenvalue weighted by Crippen LogP contribution is 2.28. The molecule has 0 aliphatic rings. The molecule has 0 aliphatic carbocycles. The van der Waals surface area contributed by atoms with Gasteiger partial charge in [0.1, 0.15) is 5.82 Å². The Morgan fingerprint density at radius 3 is 2.85 bits per heavy atom. The molecule has 0 aliphatic heterocycles. The normalized spacial score (nSPS) is 10.6. The second kappa shape index (κ2) is 4.87. The molecule has 0 radical (unpaired) electrons. The average Bonchev–Trinajstić information content (AvgIpc) is 2.80. The fourth-order valence-corrected chi connectivity index (χ4v) is 2.41. The number of aromatic nitrogens is 2. The van der Waals surface area contributed by atoms with E-state index in [1.54, 1.807) is 18.2 Å². The first-order valence-electron chi connectivity index (χ1n) is 6.09. The molecule has 0 saturated heterocycles. The maximum Gasteiger partial charge on any atom is 0.128 e. The van der Waals surface area contributed by atoms with E-state index in [-0.39, 0.29) is 6.42 Å². The van der Waals surface area contributed by atoms with Gasteiger partial charge in [0.25, 0.3) is 0 Å². The van der Waals surface area contributed by atoms with Crippen LogP contribution in [0.2, 0.25) is 5.02 Å². The summed E-state index contributed by atoms with van der Waals surface area (Å²) in [4.78, 5) is 4.49. The topological polar surface area (TPSA) is 67.6 Å². The molecule has 3 aromatic rings. The van der Waals surface area contributed by atoms with Crippen molar-refractivity contribution in [2.24, 2.45) is 0 Å². The molecule has 2 aromatic carbocycles. The van der Waals surface area contributed by atoms with Crippen LogP contribution in [-0.4, -0.2) is 9.55 Å². The Morgan fingerprint density at radius 2 is 2.05 bits per heavy atom. The number of nitrogens with zero attached hydrogens (tertiary/aromatic N) is 3. The van der Waals surface area contributed by atoms with Crippen LogP contribution >= 0.6 is 11.6 Å². The molecular weight excluding hydrogens is 272 g/mol. The van der Waals surface area contributed by atoms with Crippen molar-refractivity contribution in [3.05, 3.63) is 53.3 Å². The summed E-state index contributed by atoms with van der Waals surface area (Å²) in [6.45, 7) is 0. The van der Waals surface area contributed by atoms with Crippen LogP contribution < -0.4 is 5.73 Å². The number of imidazole rings is 1. The lowest BCUT2D eigenvalue weighted by Crippen LogP contribution is -2.04. The Balaban J connectivity index is 2.36. The monoisotopic (exact) mass is 282 g/mol. The molecule has 98 valence electrons. The number of fused-ring (bicyclic) bond motifs is 1. The summed E-state index contributed by atoms with van der Waals surface area (Å²) in [5.41, 5.74) is 9.13. The zero-order valence-electron chi connectivity index (χ0n) is 10.5. The molecule has 0 saturated carbocycles. The number of anilines is 1. The Kier molecular flexibility index (Phi) is 3.05. The van der Waals surface area contributed by atoms with E-state index < -0.39 is 0 Å². The second-order valence-corrected chi connectivity index (χ2v) is 4.83. The molecule has 1 heterocycles. The summed E-state index contributed by atoms with van der Waals surface area (Å²) >= 11 is 6.06. The lowest BCUT2D eigenvalue weighted by Gasteiger charge is -2.11. The van der Waals surface area contributed by atoms with Crippen molar-refractivity contribution in [1.82, 2.24) is 9.55 Å². The van der Waals surface area contributed by atoms with Crippen LogP contribution in [0.25, 0.3) is 16.7 Å². The highest BCUT2D eigenvalue weighted by molar-refractivity contribution is 6.30. The van der Waals surface area contributed by atoms with Gasteiger partial charge >= 0.3 is 0 Å². The number of halogens is 1. The second-order valence-electron chi connectivity index (χ2n) is 4.39. The number of rotatable bonds is 2. The number of hydrogen-bond donors (Lipinski definition) is 1. The third-order valence-corrected chi connectivity index (χ3v) is 3.34. The fourth-order valence-electron chi connectivity index (χ4n) is 2.24. The van der Waals surface area contributed by atoms with Crippen LogP contribution in [0.3, 0.4) is 0 Å². The Morgan fingerprint density at radius 1 is 1.25 bits per heavy atom. The summed E-state index contributed by atoms with van der Waals surface area (Å²) in [7, 11) is 0. The first kappa shape index (κ1) is 12.5. The van der Waals surface area contributed by atoms with E-state index in [1.807, 2.05) is 28.8 Å². The van der Waals surface area contributed by atoms with E-state index in [4.69, 9.17) is 22.6 Å². The van der Waals surface area contributed by atoms with Crippen molar-refractivity contribution in [1.29, 1.82) is 5.26 Å².